The predicted octanol–water partition coefficient (Wildman–Crippen LogP) is 6.21. The largest absolute Gasteiger partial charge is 0.493 e. The van der Waals surface area contributed by atoms with Crippen LogP contribution in [0.5, 0.6) is 11.5 Å². The summed E-state index contributed by atoms with van der Waals surface area (Å²) in [6.45, 7) is 4.74. The summed E-state index contributed by atoms with van der Waals surface area (Å²) < 4.78 is 19.4. The number of anilines is 1. The SMILES string of the molecule is CCCCc1nc2cc(NC(=O)N(C)C)ccc2n1Cc1ccc(OC(C(=O)OCC)c2ccccc2)c(OC)c1. The van der Waals surface area contributed by atoms with Gasteiger partial charge in [-0.2, -0.15) is 0 Å². The van der Waals surface area contributed by atoms with E-state index < -0.39 is 12.1 Å². The molecule has 0 aliphatic heterocycles. The Labute approximate surface area is 241 Å². The molecule has 3 aromatic carbocycles. The number of unbranched alkanes of at least 4 members (excludes halogenated alkanes) is 1. The lowest BCUT2D eigenvalue weighted by Gasteiger charge is -2.20. The molecular weight excluding hydrogens is 520 g/mol. The fraction of sp³-hybridized carbons (Fsp3) is 0.344. The molecule has 4 aromatic rings. The molecule has 9 heteroatoms. The number of urea groups is 1. The highest BCUT2D eigenvalue weighted by atomic mass is 16.6. The highest BCUT2D eigenvalue weighted by Gasteiger charge is 2.25. The van der Waals surface area contributed by atoms with Crippen LogP contribution in [0.15, 0.2) is 66.7 Å². The molecule has 0 radical (unpaired) electrons. The van der Waals surface area contributed by atoms with Crippen LogP contribution in [0.2, 0.25) is 0 Å². The van der Waals surface area contributed by atoms with Crippen molar-refractivity contribution in [3.05, 3.63) is 83.7 Å². The molecule has 0 aliphatic carbocycles. The van der Waals surface area contributed by atoms with Gasteiger partial charge < -0.3 is 29.0 Å². The number of nitrogens with one attached hydrogen (secondary N) is 1. The summed E-state index contributed by atoms with van der Waals surface area (Å²) in [7, 11) is 4.99. The Kier molecular flexibility index (Phi) is 9.84. The Morgan fingerprint density at radius 3 is 2.46 bits per heavy atom. The minimum atomic E-state index is -0.920. The number of benzene rings is 3. The Morgan fingerprint density at radius 2 is 1.78 bits per heavy atom. The molecule has 0 fully saturated rings. The van der Waals surface area contributed by atoms with Crippen LogP contribution in [0, 0.1) is 0 Å². The van der Waals surface area contributed by atoms with Crippen LogP contribution >= 0.6 is 0 Å². The number of carbonyl (C=O) groups excluding carboxylic acids is 2. The van der Waals surface area contributed by atoms with Gasteiger partial charge in [0.15, 0.2) is 11.5 Å². The molecule has 0 saturated carbocycles. The molecular formula is C32H38N4O5. The second-order valence-corrected chi connectivity index (χ2v) is 9.89. The van der Waals surface area contributed by atoms with E-state index in [0.717, 1.165) is 41.7 Å². The number of hydrogen-bond acceptors (Lipinski definition) is 6. The van der Waals surface area contributed by atoms with Crippen molar-refractivity contribution in [1.82, 2.24) is 14.5 Å². The number of rotatable bonds is 12. The van der Waals surface area contributed by atoms with E-state index in [1.165, 1.54) is 4.90 Å². The third-order valence-electron chi connectivity index (χ3n) is 6.66. The van der Waals surface area contributed by atoms with E-state index in [4.69, 9.17) is 19.2 Å². The highest BCUT2D eigenvalue weighted by Crippen LogP contribution is 2.34. The molecule has 4 rings (SSSR count). The first kappa shape index (κ1) is 29.5. The van der Waals surface area contributed by atoms with Crippen LogP contribution in [-0.4, -0.2) is 54.3 Å². The second kappa shape index (κ2) is 13.7. The van der Waals surface area contributed by atoms with E-state index in [1.807, 2.05) is 66.7 Å². The second-order valence-electron chi connectivity index (χ2n) is 9.89. The number of methoxy groups -OCH3 is 1. The first-order valence-electron chi connectivity index (χ1n) is 13.9. The summed E-state index contributed by atoms with van der Waals surface area (Å²) in [5.74, 6) is 1.47. The maximum absolute atomic E-state index is 12.8. The third-order valence-corrected chi connectivity index (χ3v) is 6.66. The maximum atomic E-state index is 12.8. The number of imidazole rings is 1. The number of fused-ring (bicyclic) bond motifs is 1. The number of nitrogens with zero attached hydrogens (tertiary/aromatic N) is 3. The zero-order valence-electron chi connectivity index (χ0n) is 24.3. The van der Waals surface area contributed by atoms with E-state index in [0.29, 0.717) is 29.3 Å². The van der Waals surface area contributed by atoms with Gasteiger partial charge in [-0.15, -0.1) is 0 Å². The van der Waals surface area contributed by atoms with Crippen molar-refractivity contribution < 1.29 is 23.8 Å². The van der Waals surface area contributed by atoms with Crippen molar-refractivity contribution in [3.63, 3.8) is 0 Å². The van der Waals surface area contributed by atoms with Crippen LogP contribution < -0.4 is 14.8 Å². The lowest BCUT2D eigenvalue weighted by Crippen LogP contribution is -2.27. The van der Waals surface area contributed by atoms with Crippen LogP contribution in [0.4, 0.5) is 10.5 Å². The number of carbonyl (C=O) groups is 2. The van der Waals surface area contributed by atoms with E-state index in [9.17, 15) is 9.59 Å². The molecule has 0 spiro atoms. The van der Waals surface area contributed by atoms with Crippen molar-refractivity contribution in [1.29, 1.82) is 0 Å². The number of aromatic nitrogens is 2. The molecule has 1 aromatic heterocycles. The van der Waals surface area contributed by atoms with Gasteiger partial charge >= 0.3 is 12.0 Å². The van der Waals surface area contributed by atoms with Crippen molar-refractivity contribution in [3.8, 4) is 11.5 Å². The first-order valence-corrected chi connectivity index (χ1v) is 13.9. The predicted molar refractivity (Wildman–Crippen MR) is 160 cm³/mol. The molecule has 1 heterocycles. The van der Waals surface area contributed by atoms with Crippen molar-refractivity contribution >= 4 is 28.7 Å². The molecule has 1 atom stereocenters. The van der Waals surface area contributed by atoms with Gasteiger partial charge in [-0.05, 0) is 49.2 Å². The minimum absolute atomic E-state index is 0.193. The topological polar surface area (TPSA) is 94.9 Å². The first-order chi connectivity index (χ1) is 19.8. The summed E-state index contributed by atoms with van der Waals surface area (Å²) in [5, 5.41) is 2.89. The van der Waals surface area contributed by atoms with Crippen LogP contribution in [-0.2, 0) is 22.5 Å². The monoisotopic (exact) mass is 558 g/mol. The van der Waals surface area contributed by atoms with Gasteiger partial charge in [0.25, 0.3) is 0 Å². The Hall–Kier alpha value is -4.53. The van der Waals surface area contributed by atoms with Gasteiger partial charge in [0.1, 0.15) is 5.82 Å². The van der Waals surface area contributed by atoms with Crippen LogP contribution in [0.3, 0.4) is 0 Å². The molecule has 41 heavy (non-hydrogen) atoms. The molecule has 0 aliphatic rings. The van der Waals surface area contributed by atoms with Crippen molar-refractivity contribution in [2.75, 3.05) is 33.1 Å². The molecule has 216 valence electrons. The van der Waals surface area contributed by atoms with Gasteiger partial charge in [0, 0.05) is 38.3 Å². The van der Waals surface area contributed by atoms with Gasteiger partial charge in [-0.25, -0.2) is 14.6 Å². The number of aryl methyl sites for hydroxylation is 1. The summed E-state index contributed by atoms with van der Waals surface area (Å²) in [6, 6.07) is 20.6. The summed E-state index contributed by atoms with van der Waals surface area (Å²) >= 11 is 0. The minimum Gasteiger partial charge on any atom is -0.493 e. The number of esters is 1. The van der Waals surface area contributed by atoms with E-state index in [2.05, 4.69) is 16.8 Å². The average molecular weight is 559 g/mol. The normalized spacial score (nSPS) is 11.6. The maximum Gasteiger partial charge on any atom is 0.352 e. The Morgan fingerprint density at radius 1 is 1.00 bits per heavy atom. The molecule has 9 nitrogen and oxygen atoms in total. The Bertz CT molecular complexity index is 1480. The number of ether oxygens (including phenoxy) is 3. The molecule has 2 amide bonds. The van der Waals surface area contributed by atoms with Gasteiger partial charge in [0.2, 0.25) is 6.10 Å². The number of amides is 2. The number of hydrogen-bond donors (Lipinski definition) is 1. The van der Waals surface area contributed by atoms with Crippen molar-refractivity contribution in [2.24, 2.45) is 0 Å². The van der Waals surface area contributed by atoms with Gasteiger partial charge in [-0.1, -0.05) is 49.7 Å². The zero-order valence-corrected chi connectivity index (χ0v) is 24.3. The lowest BCUT2D eigenvalue weighted by molar-refractivity contribution is -0.151. The van der Waals surface area contributed by atoms with E-state index in [1.54, 1.807) is 28.1 Å². The zero-order chi connectivity index (χ0) is 29.4. The standard InChI is InChI=1S/C32H38N4O5/c1-6-8-14-29-34-25-20-24(33-32(38)35(3)4)16-17-26(25)36(29)21-22-15-18-27(28(19-22)39-5)41-30(31(37)40-7-2)23-12-10-9-11-13-23/h9-13,15-20,30H,6-8,14,21H2,1-5H3,(H,33,38). The molecule has 1 unspecified atom stereocenters. The smallest absolute Gasteiger partial charge is 0.352 e. The van der Waals surface area contributed by atoms with Gasteiger partial charge in [0.05, 0.1) is 24.8 Å². The average Bonchev–Trinajstić information content (AvgIpc) is 3.31. The highest BCUT2D eigenvalue weighted by molar-refractivity contribution is 5.91. The lowest BCUT2D eigenvalue weighted by atomic mass is 10.1. The van der Waals surface area contributed by atoms with Crippen LogP contribution in [0.25, 0.3) is 11.0 Å². The summed E-state index contributed by atoms with van der Waals surface area (Å²) in [4.78, 5) is 31.3. The van der Waals surface area contributed by atoms with Crippen LogP contribution in [0.1, 0.15) is 49.7 Å². The molecule has 0 saturated heterocycles. The van der Waals surface area contributed by atoms with E-state index >= 15 is 0 Å². The third kappa shape index (κ3) is 7.16. The van der Waals surface area contributed by atoms with Gasteiger partial charge in [-0.3, -0.25) is 0 Å². The fourth-order valence-electron chi connectivity index (χ4n) is 4.51. The fourth-order valence-corrected chi connectivity index (χ4v) is 4.51. The van der Waals surface area contributed by atoms with E-state index in [-0.39, 0.29) is 12.6 Å². The summed E-state index contributed by atoms with van der Waals surface area (Å²) in [5.41, 5.74) is 4.18. The van der Waals surface area contributed by atoms with Crippen molar-refractivity contribution in [2.45, 2.75) is 45.8 Å². The quantitative estimate of drug-likeness (QED) is 0.208. The Balaban J connectivity index is 1.64. The molecule has 1 N–H and O–H groups in total. The summed E-state index contributed by atoms with van der Waals surface area (Å²) in [6.07, 6.45) is 1.98. The molecule has 0 bridgehead atoms.